The van der Waals surface area contributed by atoms with Crippen LogP contribution in [0.5, 0.6) is 0 Å². The molecule has 1 aromatic heterocycles. The molecular weight excluding hydrogens is 603 g/mol. The lowest BCUT2D eigenvalue weighted by Gasteiger charge is -2.54. The average Bonchev–Trinajstić information content (AvgIpc) is 3.32. The first kappa shape index (κ1) is 28.2. The predicted octanol–water partition coefficient (Wildman–Crippen LogP) is 3.92. The molecule has 2 atom stereocenters. The van der Waals surface area contributed by atoms with Gasteiger partial charge < -0.3 is 15.3 Å². The van der Waals surface area contributed by atoms with Crippen LogP contribution < -0.4 is 5.32 Å². The number of halogens is 3. The highest BCUT2D eigenvalue weighted by atomic mass is 32.2. The van der Waals surface area contributed by atoms with Gasteiger partial charge in [0.25, 0.3) is 15.9 Å². The third kappa shape index (κ3) is 4.84. The lowest BCUT2D eigenvalue weighted by molar-refractivity contribution is -0.140. The van der Waals surface area contributed by atoms with Gasteiger partial charge in [0, 0.05) is 24.8 Å². The molecule has 220 valence electrons. The van der Waals surface area contributed by atoms with Crippen LogP contribution in [0.15, 0.2) is 38.1 Å². The van der Waals surface area contributed by atoms with Crippen molar-refractivity contribution < 1.29 is 39.9 Å². The Morgan fingerprint density at radius 1 is 1.12 bits per heavy atom. The zero-order valence-electron chi connectivity index (χ0n) is 21.7. The quantitative estimate of drug-likeness (QED) is 0.463. The number of amides is 1. The zero-order valence-corrected chi connectivity index (χ0v) is 24.2. The van der Waals surface area contributed by atoms with Crippen LogP contribution >= 0.6 is 11.3 Å². The lowest BCUT2D eigenvalue weighted by atomic mass is 9.59. The number of thiophene rings is 1. The highest BCUT2D eigenvalue weighted by Gasteiger charge is 2.54. The topological polar surface area (TPSA) is 133 Å². The van der Waals surface area contributed by atoms with Gasteiger partial charge in [0.15, 0.2) is 23.3 Å². The molecule has 2 unspecified atom stereocenters. The molecule has 2 aliphatic heterocycles. The average molecular weight is 630 g/mol. The normalized spacial score (nSPS) is 26.9. The molecule has 5 aliphatic rings. The first-order valence-corrected chi connectivity index (χ1v) is 17.4. The maximum absolute atomic E-state index is 14.1. The summed E-state index contributed by atoms with van der Waals surface area (Å²) in [6.45, 7) is -0.284. The van der Waals surface area contributed by atoms with E-state index in [4.69, 9.17) is 0 Å². The Morgan fingerprint density at radius 3 is 2.39 bits per heavy atom. The van der Waals surface area contributed by atoms with Gasteiger partial charge in [-0.3, -0.25) is 4.79 Å². The summed E-state index contributed by atoms with van der Waals surface area (Å²) in [5.74, 6) is -6.63. The van der Waals surface area contributed by atoms with Crippen molar-refractivity contribution >= 4 is 47.9 Å². The SMILES string of the molecule is CS(=O)(=O)CCc1csc2c1S(=O)(=O)N=C(C1=C(O)C3C4CCC(CC4)C3N(Cc3cc(F)c(F)c(F)c3)C1=O)N2. The van der Waals surface area contributed by atoms with Crippen molar-refractivity contribution in [3.05, 3.63) is 57.4 Å². The molecule has 9 nitrogen and oxygen atoms in total. The number of hydrogen-bond acceptors (Lipinski definition) is 8. The summed E-state index contributed by atoms with van der Waals surface area (Å²) in [4.78, 5) is 15.2. The van der Waals surface area contributed by atoms with E-state index in [1.165, 1.54) is 10.3 Å². The maximum Gasteiger partial charge on any atom is 0.287 e. The third-order valence-electron chi connectivity index (χ3n) is 8.48. The molecular formula is C26H26F3N3O6S3. The van der Waals surface area contributed by atoms with Gasteiger partial charge in [0.05, 0.1) is 5.75 Å². The Kier molecular flexibility index (Phi) is 6.77. The first-order valence-electron chi connectivity index (χ1n) is 13.0. The molecule has 3 fully saturated rings. The third-order valence-corrected chi connectivity index (χ3v) is 11.9. The van der Waals surface area contributed by atoms with E-state index in [9.17, 15) is 39.9 Å². The summed E-state index contributed by atoms with van der Waals surface area (Å²) >= 11 is 1.00. The van der Waals surface area contributed by atoms with Crippen molar-refractivity contribution in [2.75, 3.05) is 17.3 Å². The van der Waals surface area contributed by atoms with Crippen molar-refractivity contribution in [2.45, 2.75) is 49.6 Å². The number of nitrogens with zero attached hydrogens (tertiary/aromatic N) is 2. The molecule has 0 saturated heterocycles. The minimum absolute atomic E-state index is 0.00187. The molecule has 0 spiro atoms. The molecule has 2 bridgehead atoms. The molecule has 2 aromatic rings. The van der Waals surface area contributed by atoms with Crippen LogP contribution in [-0.2, 0) is 37.6 Å². The Morgan fingerprint density at radius 2 is 1.76 bits per heavy atom. The van der Waals surface area contributed by atoms with Gasteiger partial charge >= 0.3 is 0 Å². The number of carbonyl (C=O) groups excluding carboxylic acids is 1. The van der Waals surface area contributed by atoms with Crippen molar-refractivity contribution in [2.24, 2.45) is 22.2 Å². The van der Waals surface area contributed by atoms with Crippen LogP contribution in [-0.4, -0.2) is 56.6 Å². The van der Waals surface area contributed by atoms with Crippen molar-refractivity contribution in [1.82, 2.24) is 4.90 Å². The van der Waals surface area contributed by atoms with E-state index in [1.54, 1.807) is 0 Å². The summed E-state index contributed by atoms with van der Waals surface area (Å²) in [5.41, 5.74) is -0.0642. The molecule has 0 radical (unpaired) electrons. The number of nitrogens with one attached hydrogen (secondary N) is 1. The summed E-state index contributed by atoms with van der Waals surface area (Å²) in [6.07, 6.45) is 4.18. The van der Waals surface area contributed by atoms with Crippen molar-refractivity contribution in [3.8, 4) is 0 Å². The number of hydrogen-bond donors (Lipinski definition) is 2. The number of rotatable bonds is 6. The molecule has 2 N–H and O–H groups in total. The van der Waals surface area contributed by atoms with Crippen LogP contribution in [0.4, 0.5) is 18.2 Å². The highest BCUT2D eigenvalue weighted by Crippen LogP contribution is 2.52. The number of sulfonamides is 1. The Bertz CT molecular complexity index is 1720. The standard InChI is InChI=1S/C26H26F3N3O6S3/c1-40(35,36)7-6-15-11-39-25-23(15)41(37,38)31-24(30-25)19-22(33)18-13-2-4-14(5-3-13)21(18)32(26(19)34)10-12-8-16(27)20(29)17(28)9-12/h8-9,11,13-14,18,21,33H,2-7,10H2,1H3,(H,30,31). The molecule has 7 rings (SSSR count). The monoisotopic (exact) mass is 629 g/mol. The fraction of sp³-hybridized carbons (Fsp3) is 0.462. The smallest absolute Gasteiger partial charge is 0.287 e. The number of sulfone groups is 1. The van der Waals surface area contributed by atoms with E-state index in [2.05, 4.69) is 9.71 Å². The molecule has 41 heavy (non-hydrogen) atoms. The summed E-state index contributed by atoms with van der Waals surface area (Å²) in [5, 5.41) is 16.0. The fourth-order valence-electron chi connectivity index (χ4n) is 6.73. The maximum atomic E-state index is 14.1. The van der Waals surface area contributed by atoms with E-state index in [-0.39, 0.29) is 68.7 Å². The van der Waals surface area contributed by atoms with Gasteiger partial charge in [-0.2, -0.15) is 8.42 Å². The van der Waals surface area contributed by atoms with Gasteiger partial charge in [-0.05, 0) is 72.6 Å². The Hall–Kier alpha value is -2.91. The van der Waals surface area contributed by atoms with Crippen molar-refractivity contribution in [1.29, 1.82) is 0 Å². The number of anilines is 1. The number of aliphatic hydroxyl groups is 1. The Balaban J connectivity index is 1.41. The summed E-state index contributed by atoms with van der Waals surface area (Å²) in [6, 6.07) is 1.14. The second-order valence-corrected chi connectivity index (χ2v) is 15.8. The van der Waals surface area contributed by atoms with Gasteiger partial charge in [-0.25, -0.2) is 21.6 Å². The number of fused-ring (bicyclic) bond motifs is 3. The van der Waals surface area contributed by atoms with E-state index in [0.29, 0.717) is 0 Å². The number of aliphatic hydroxyl groups excluding tert-OH is 1. The van der Waals surface area contributed by atoms with Gasteiger partial charge in [-0.1, -0.05) is 0 Å². The number of aryl methyl sites for hydroxylation is 1. The highest BCUT2D eigenvalue weighted by molar-refractivity contribution is 7.91. The number of amidine groups is 1. The number of benzene rings is 1. The second-order valence-electron chi connectivity index (χ2n) is 11.1. The van der Waals surface area contributed by atoms with E-state index in [1.807, 2.05) is 0 Å². The molecule has 3 saturated carbocycles. The number of carbonyl (C=O) groups is 1. The molecule has 3 heterocycles. The van der Waals surface area contributed by atoms with Gasteiger partial charge in [0.1, 0.15) is 31.1 Å². The summed E-state index contributed by atoms with van der Waals surface area (Å²) in [7, 11) is -7.76. The molecule has 3 aliphatic carbocycles. The van der Waals surface area contributed by atoms with E-state index >= 15 is 0 Å². The summed E-state index contributed by atoms with van der Waals surface area (Å²) < 4.78 is 95.5. The largest absolute Gasteiger partial charge is 0.511 e. The minimum Gasteiger partial charge on any atom is -0.511 e. The molecule has 15 heteroatoms. The van der Waals surface area contributed by atoms with Crippen molar-refractivity contribution in [3.63, 3.8) is 0 Å². The Labute approximate surface area is 238 Å². The predicted molar refractivity (Wildman–Crippen MR) is 145 cm³/mol. The van der Waals surface area contributed by atoms with Crippen LogP contribution in [0.1, 0.15) is 36.8 Å². The van der Waals surface area contributed by atoms with Gasteiger partial charge in [0.2, 0.25) is 0 Å². The molecule has 1 amide bonds. The van der Waals surface area contributed by atoms with Gasteiger partial charge in [-0.15, -0.1) is 15.7 Å². The molecule has 1 aromatic carbocycles. The second kappa shape index (κ2) is 9.83. The van der Waals surface area contributed by atoms with E-state index in [0.717, 1.165) is 55.4 Å². The first-order chi connectivity index (χ1) is 19.2. The van der Waals surface area contributed by atoms with E-state index < -0.39 is 55.2 Å². The fourth-order valence-corrected chi connectivity index (χ4v) is 9.99. The zero-order chi connectivity index (χ0) is 29.4. The van der Waals surface area contributed by atoms with Crippen LogP contribution in [0, 0.1) is 35.2 Å². The van der Waals surface area contributed by atoms with Crippen LogP contribution in [0.3, 0.4) is 0 Å². The van der Waals surface area contributed by atoms with Crippen LogP contribution in [0.2, 0.25) is 0 Å². The van der Waals surface area contributed by atoms with Crippen LogP contribution in [0.25, 0.3) is 0 Å². The lowest BCUT2D eigenvalue weighted by Crippen LogP contribution is -2.60. The minimum atomic E-state index is -4.39.